The molecule has 0 spiro atoms. The maximum absolute atomic E-state index is 9.65. The van der Waals surface area contributed by atoms with Gasteiger partial charge in [-0.2, -0.15) is 5.26 Å². The summed E-state index contributed by atoms with van der Waals surface area (Å²) in [5.74, 6) is 0.631. The van der Waals surface area contributed by atoms with Crippen molar-refractivity contribution >= 4 is 56.7 Å². The summed E-state index contributed by atoms with van der Waals surface area (Å²) in [5.41, 5.74) is 3.24. The molecule has 1 aromatic heterocycles. The minimum atomic E-state index is 0.238. The summed E-state index contributed by atoms with van der Waals surface area (Å²) in [4.78, 5) is 4.38. The van der Waals surface area contributed by atoms with E-state index in [9.17, 15) is 5.26 Å². The van der Waals surface area contributed by atoms with E-state index < -0.39 is 0 Å². The number of oxazole rings is 1. The fourth-order valence-corrected chi connectivity index (χ4v) is 4.28. The first-order valence-corrected chi connectivity index (χ1v) is 10.9. The Labute approximate surface area is 200 Å². The van der Waals surface area contributed by atoms with Gasteiger partial charge in [0, 0.05) is 0 Å². The highest BCUT2D eigenvalue weighted by molar-refractivity contribution is 6.37. The van der Waals surface area contributed by atoms with Crippen molar-refractivity contribution in [1.29, 1.82) is 5.26 Å². The van der Waals surface area contributed by atoms with Crippen LogP contribution in [0.5, 0.6) is 5.75 Å². The third-order valence-electron chi connectivity index (χ3n) is 5.23. The molecule has 0 amide bonds. The largest absolute Gasteiger partial charge is 0.486 e. The molecule has 4 aromatic carbocycles. The molecule has 160 valence electrons. The number of nitrogens with zero attached hydrogens (tertiary/aromatic N) is 2. The Bertz CT molecular complexity index is 1500. The van der Waals surface area contributed by atoms with E-state index in [0.717, 1.165) is 16.3 Å². The molecule has 4 nitrogen and oxygen atoms in total. The summed E-state index contributed by atoms with van der Waals surface area (Å²) in [6.45, 7) is 0.322. The van der Waals surface area contributed by atoms with Crippen LogP contribution in [0.25, 0.3) is 33.5 Å². The zero-order valence-corrected chi connectivity index (χ0v) is 18.8. The minimum absolute atomic E-state index is 0.238. The average molecular weight is 471 g/mol. The van der Waals surface area contributed by atoms with Crippen LogP contribution in [0.1, 0.15) is 17.0 Å². The summed E-state index contributed by atoms with van der Waals surface area (Å²) in [6.07, 6.45) is 1.64. The van der Waals surface area contributed by atoms with Gasteiger partial charge in [0.05, 0.1) is 10.0 Å². The number of hydrogen-bond acceptors (Lipinski definition) is 4. The number of halogens is 2. The molecule has 33 heavy (non-hydrogen) atoms. The molecule has 0 fully saturated rings. The van der Waals surface area contributed by atoms with Gasteiger partial charge in [0.1, 0.15) is 23.8 Å². The number of para-hydroxylation sites is 2. The van der Waals surface area contributed by atoms with Gasteiger partial charge in [-0.3, -0.25) is 0 Å². The second-order valence-electron chi connectivity index (χ2n) is 7.40. The van der Waals surface area contributed by atoms with E-state index in [1.807, 2.05) is 42.5 Å². The Hall–Kier alpha value is -3.78. The topological polar surface area (TPSA) is 59.0 Å². The van der Waals surface area contributed by atoms with Gasteiger partial charge in [-0.1, -0.05) is 77.8 Å². The van der Waals surface area contributed by atoms with Gasteiger partial charge < -0.3 is 9.15 Å². The molecule has 0 bridgehead atoms. The van der Waals surface area contributed by atoms with Crippen molar-refractivity contribution in [2.24, 2.45) is 0 Å². The highest BCUT2D eigenvalue weighted by atomic mass is 35.5. The number of nitriles is 1. The molecule has 0 aliphatic carbocycles. The number of rotatable bonds is 5. The number of hydrogen-bond donors (Lipinski definition) is 0. The number of ether oxygens (including phenoxy) is 1. The third kappa shape index (κ3) is 4.29. The van der Waals surface area contributed by atoms with Crippen molar-refractivity contribution in [3.63, 3.8) is 0 Å². The van der Waals surface area contributed by atoms with E-state index in [1.54, 1.807) is 24.3 Å². The second kappa shape index (κ2) is 8.99. The summed E-state index contributed by atoms with van der Waals surface area (Å²) in [7, 11) is 0. The van der Waals surface area contributed by atoms with E-state index in [4.69, 9.17) is 32.4 Å². The third-order valence-corrected chi connectivity index (χ3v) is 5.79. The quantitative estimate of drug-likeness (QED) is 0.244. The first-order chi connectivity index (χ1) is 16.1. The molecule has 0 aliphatic rings. The highest BCUT2D eigenvalue weighted by Gasteiger charge is 2.14. The maximum atomic E-state index is 9.65. The lowest BCUT2D eigenvalue weighted by atomic mass is 10.1. The van der Waals surface area contributed by atoms with Gasteiger partial charge in [0.2, 0.25) is 5.89 Å². The van der Waals surface area contributed by atoms with Crippen LogP contribution < -0.4 is 4.74 Å². The number of aromatic nitrogens is 1. The number of benzene rings is 4. The Morgan fingerprint density at radius 2 is 1.70 bits per heavy atom. The zero-order valence-electron chi connectivity index (χ0n) is 17.3. The molecule has 5 rings (SSSR count). The molecular weight excluding hydrogens is 455 g/mol. The SMILES string of the molecule is N#C/C(=C\c1cc(Cl)c(OCc2cccc3ccccc23)c(Cl)c1)c1nc2ccccc2o1. The van der Waals surface area contributed by atoms with Crippen molar-refractivity contribution < 1.29 is 9.15 Å². The predicted molar refractivity (Wildman–Crippen MR) is 132 cm³/mol. The fraction of sp³-hybridized carbons (Fsp3) is 0.0370. The van der Waals surface area contributed by atoms with E-state index in [0.29, 0.717) is 39.1 Å². The number of fused-ring (bicyclic) bond motifs is 2. The normalized spacial score (nSPS) is 11.6. The summed E-state index contributed by atoms with van der Waals surface area (Å²) < 4.78 is 11.7. The summed E-state index contributed by atoms with van der Waals surface area (Å²) >= 11 is 13.0. The van der Waals surface area contributed by atoms with E-state index in [-0.39, 0.29) is 11.5 Å². The van der Waals surface area contributed by atoms with Crippen LogP contribution in [0.4, 0.5) is 0 Å². The molecule has 0 unspecified atom stereocenters. The maximum Gasteiger partial charge on any atom is 0.238 e. The van der Waals surface area contributed by atoms with E-state index >= 15 is 0 Å². The van der Waals surface area contributed by atoms with Crippen molar-refractivity contribution in [2.45, 2.75) is 6.61 Å². The summed E-state index contributed by atoms with van der Waals surface area (Å²) in [5, 5.41) is 12.6. The zero-order chi connectivity index (χ0) is 22.8. The molecule has 5 aromatic rings. The van der Waals surface area contributed by atoms with Crippen molar-refractivity contribution in [1.82, 2.24) is 4.98 Å². The molecular formula is C27H16Cl2N2O2. The molecule has 6 heteroatoms. The summed E-state index contributed by atoms with van der Waals surface area (Å²) in [6, 6.07) is 27.1. The minimum Gasteiger partial charge on any atom is -0.486 e. The van der Waals surface area contributed by atoms with Crippen LogP contribution >= 0.6 is 23.2 Å². The van der Waals surface area contributed by atoms with Crippen LogP contribution in [-0.2, 0) is 6.61 Å². The first-order valence-electron chi connectivity index (χ1n) is 10.2. The van der Waals surface area contributed by atoms with Crippen LogP contribution in [0, 0.1) is 11.3 Å². The second-order valence-corrected chi connectivity index (χ2v) is 8.21. The Kier molecular flexibility index (Phi) is 5.75. The van der Waals surface area contributed by atoms with Crippen molar-refractivity contribution in [3.05, 3.63) is 106 Å². The van der Waals surface area contributed by atoms with Crippen LogP contribution in [0.15, 0.2) is 83.3 Å². The molecule has 0 N–H and O–H groups in total. The molecule has 0 radical (unpaired) electrons. The number of allylic oxidation sites excluding steroid dienone is 1. The average Bonchev–Trinajstić information content (AvgIpc) is 3.26. The van der Waals surface area contributed by atoms with Crippen LogP contribution in [0.3, 0.4) is 0 Å². The van der Waals surface area contributed by atoms with Crippen LogP contribution in [-0.4, -0.2) is 4.98 Å². The van der Waals surface area contributed by atoms with Crippen molar-refractivity contribution in [2.75, 3.05) is 0 Å². The monoisotopic (exact) mass is 470 g/mol. The van der Waals surface area contributed by atoms with Gasteiger partial charge in [-0.15, -0.1) is 0 Å². The lowest BCUT2D eigenvalue weighted by Crippen LogP contribution is -1.98. The van der Waals surface area contributed by atoms with E-state index in [1.165, 1.54) is 0 Å². The molecule has 1 heterocycles. The predicted octanol–water partition coefficient (Wildman–Crippen LogP) is 7.93. The Morgan fingerprint density at radius 3 is 2.48 bits per heavy atom. The smallest absolute Gasteiger partial charge is 0.238 e. The first kappa shape index (κ1) is 21.1. The van der Waals surface area contributed by atoms with Gasteiger partial charge in [0.25, 0.3) is 0 Å². The van der Waals surface area contributed by atoms with Gasteiger partial charge in [-0.25, -0.2) is 4.98 Å². The van der Waals surface area contributed by atoms with Gasteiger partial charge in [-0.05, 0) is 52.2 Å². The lowest BCUT2D eigenvalue weighted by molar-refractivity contribution is 0.308. The Balaban J connectivity index is 1.42. The van der Waals surface area contributed by atoms with Gasteiger partial charge in [0.15, 0.2) is 11.3 Å². The van der Waals surface area contributed by atoms with Crippen molar-refractivity contribution in [3.8, 4) is 11.8 Å². The van der Waals surface area contributed by atoms with E-state index in [2.05, 4.69) is 29.3 Å². The molecule has 0 saturated carbocycles. The Morgan fingerprint density at radius 1 is 0.970 bits per heavy atom. The lowest BCUT2D eigenvalue weighted by Gasteiger charge is -2.12. The standard InChI is InChI=1S/C27H16Cl2N2O2/c28-22-13-17(12-20(15-30)27-31-24-10-3-4-11-25(24)33-27)14-23(29)26(22)32-16-19-8-5-7-18-6-1-2-9-21(18)19/h1-14H,16H2/b20-12+. The fourth-order valence-electron chi connectivity index (χ4n) is 3.66. The molecule has 0 aliphatic heterocycles. The molecule has 0 saturated heterocycles. The highest BCUT2D eigenvalue weighted by Crippen LogP contribution is 2.36. The molecule has 0 atom stereocenters. The van der Waals surface area contributed by atoms with Crippen LogP contribution in [0.2, 0.25) is 10.0 Å². The van der Waals surface area contributed by atoms with Gasteiger partial charge >= 0.3 is 0 Å².